The molecule has 0 bridgehead atoms. The number of nitrogens with two attached hydrogens (primary N) is 1. The Morgan fingerprint density at radius 3 is 2.46 bits per heavy atom. The lowest BCUT2D eigenvalue weighted by Gasteiger charge is -2.45. The van der Waals surface area contributed by atoms with Crippen LogP contribution in [-0.2, 0) is 4.79 Å². The Labute approximate surface area is 214 Å². The molecule has 0 atom stereocenters. The molecule has 2 aromatic carbocycles. The highest BCUT2D eigenvalue weighted by Crippen LogP contribution is 2.45. The van der Waals surface area contributed by atoms with Crippen LogP contribution in [0, 0.1) is 6.92 Å². The Morgan fingerprint density at radius 2 is 1.83 bits per heavy atom. The number of halogens is 2. The van der Waals surface area contributed by atoms with E-state index in [0.29, 0.717) is 46.6 Å². The van der Waals surface area contributed by atoms with E-state index in [4.69, 9.17) is 44.0 Å². The highest BCUT2D eigenvalue weighted by Gasteiger charge is 2.50. The lowest BCUT2D eigenvalue weighted by molar-refractivity contribution is -0.128. The first-order valence-corrected chi connectivity index (χ1v) is 11.9. The summed E-state index contributed by atoms with van der Waals surface area (Å²) in [6, 6.07) is 15.2. The van der Waals surface area contributed by atoms with Crippen molar-refractivity contribution >= 4 is 34.8 Å². The number of carbonyl (C=O) groups is 1. The van der Waals surface area contributed by atoms with Crippen LogP contribution < -0.4 is 11.1 Å². The number of hydrogen-bond acceptors (Lipinski definition) is 5. The van der Waals surface area contributed by atoms with E-state index in [2.05, 4.69) is 5.32 Å². The van der Waals surface area contributed by atoms with Crippen LogP contribution in [-0.4, -0.2) is 37.6 Å². The molecular formula is C26H28Cl2N6O. The van der Waals surface area contributed by atoms with Gasteiger partial charge in [-0.05, 0) is 50.1 Å². The average molecular weight is 511 g/mol. The average Bonchev–Trinajstić information content (AvgIpc) is 3.15. The van der Waals surface area contributed by atoms with E-state index in [9.17, 15) is 4.79 Å². The van der Waals surface area contributed by atoms with Crippen LogP contribution in [0.15, 0.2) is 48.5 Å². The number of rotatable bonds is 6. The summed E-state index contributed by atoms with van der Waals surface area (Å²) in [7, 11) is 0. The summed E-state index contributed by atoms with van der Waals surface area (Å²) in [4.78, 5) is 21.7. The maximum absolute atomic E-state index is 12.2. The maximum atomic E-state index is 12.2. The molecule has 7 nitrogen and oxygen atoms in total. The standard InChI is InChI=1S/C25H24Cl2N6O.CH4/c1-3-29-25(24(28)34)12-16(13-25)22-30-14(2)31-23-20(15-8-10-17(26)11-9-15)21(32-33(22)23)18-6-4-5-7-19(18)27;/h4-11,16,29H,3,12-13H2,1-2H3,(H2,28,34);1H4. The molecule has 1 amide bonds. The van der Waals surface area contributed by atoms with Crippen LogP contribution in [0.2, 0.25) is 10.0 Å². The Hall–Kier alpha value is -3.00. The van der Waals surface area contributed by atoms with Gasteiger partial charge in [-0.3, -0.25) is 4.79 Å². The molecule has 9 heteroatoms. The molecule has 0 saturated heterocycles. The van der Waals surface area contributed by atoms with E-state index < -0.39 is 5.54 Å². The third kappa shape index (κ3) is 4.29. The molecule has 1 saturated carbocycles. The van der Waals surface area contributed by atoms with Gasteiger partial charge in [0.25, 0.3) is 0 Å². The summed E-state index contributed by atoms with van der Waals surface area (Å²) < 4.78 is 1.79. The van der Waals surface area contributed by atoms with Crippen molar-refractivity contribution in [1.82, 2.24) is 24.9 Å². The van der Waals surface area contributed by atoms with Crippen molar-refractivity contribution in [3.8, 4) is 22.4 Å². The van der Waals surface area contributed by atoms with Crippen molar-refractivity contribution in [2.75, 3.05) is 6.54 Å². The minimum absolute atomic E-state index is 0. The second kappa shape index (κ2) is 9.57. The van der Waals surface area contributed by atoms with Crippen LogP contribution >= 0.6 is 23.2 Å². The molecule has 1 aliphatic carbocycles. The SMILES string of the molecule is C.CCNC1(C(N)=O)CC(c2nc(C)nc3c(-c4ccc(Cl)cc4)c(-c4ccccc4Cl)nn23)C1. The van der Waals surface area contributed by atoms with Crippen molar-refractivity contribution in [2.24, 2.45) is 5.73 Å². The second-order valence-corrected chi connectivity index (χ2v) is 9.50. The van der Waals surface area contributed by atoms with Gasteiger partial charge in [0, 0.05) is 16.5 Å². The monoisotopic (exact) mass is 510 g/mol. The van der Waals surface area contributed by atoms with E-state index in [1.54, 1.807) is 4.52 Å². The zero-order valence-corrected chi connectivity index (χ0v) is 20.4. The minimum atomic E-state index is -0.720. The molecular weight excluding hydrogens is 483 g/mol. The predicted molar refractivity (Wildman–Crippen MR) is 141 cm³/mol. The molecule has 1 aliphatic rings. The quantitative estimate of drug-likeness (QED) is 0.360. The number of fused-ring (bicyclic) bond motifs is 1. The van der Waals surface area contributed by atoms with Crippen LogP contribution in [0.5, 0.6) is 0 Å². The van der Waals surface area contributed by atoms with Gasteiger partial charge in [-0.25, -0.2) is 9.97 Å². The predicted octanol–water partition coefficient (Wildman–Crippen LogP) is 5.42. The molecule has 0 radical (unpaired) electrons. The number of primary amides is 1. The summed E-state index contributed by atoms with van der Waals surface area (Å²) in [5, 5.41) is 9.46. The zero-order valence-electron chi connectivity index (χ0n) is 18.8. The summed E-state index contributed by atoms with van der Waals surface area (Å²) in [5.41, 5.74) is 8.97. The number of carbonyl (C=O) groups excluding carboxylic acids is 1. The number of benzene rings is 2. The number of nitrogens with zero attached hydrogens (tertiary/aromatic N) is 4. The van der Waals surface area contributed by atoms with Gasteiger partial charge in [0.05, 0.1) is 16.1 Å². The van der Waals surface area contributed by atoms with Crippen LogP contribution in [0.3, 0.4) is 0 Å². The van der Waals surface area contributed by atoms with E-state index >= 15 is 0 Å². The first-order valence-electron chi connectivity index (χ1n) is 11.2. The number of likely N-dealkylation sites (N-methyl/N-ethyl adjacent to an activating group) is 1. The highest BCUT2D eigenvalue weighted by molar-refractivity contribution is 6.33. The van der Waals surface area contributed by atoms with Gasteiger partial charge in [0.15, 0.2) is 5.65 Å². The molecule has 35 heavy (non-hydrogen) atoms. The summed E-state index contributed by atoms with van der Waals surface area (Å²) in [5.74, 6) is 1.05. The van der Waals surface area contributed by atoms with E-state index in [0.717, 1.165) is 22.5 Å². The topological polar surface area (TPSA) is 98.2 Å². The number of amides is 1. The molecule has 2 aromatic heterocycles. The molecule has 182 valence electrons. The smallest absolute Gasteiger partial charge is 0.237 e. The van der Waals surface area contributed by atoms with Gasteiger partial charge in [-0.2, -0.15) is 9.61 Å². The van der Waals surface area contributed by atoms with Gasteiger partial charge in [-0.15, -0.1) is 0 Å². The number of aryl methyl sites for hydroxylation is 1. The molecule has 1 fully saturated rings. The molecule has 4 aromatic rings. The Bertz CT molecular complexity index is 1390. The van der Waals surface area contributed by atoms with Crippen LogP contribution in [0.25, 0.3) is 28.0 Å². The fourth-order valence-electron chi connectivity index (χ4n) is 4.79. The van der Waals surface area contributed by atoms with Gasteiger partial charge >= 0.3 is 0 Å². The number of nitrogens with one attached hydrogen (secondary N) is 1. The van der Waals surface area contributed by atoms with Gasteiger partial charge < -0.3 is 11.1 Å². The summed E-state index contributed by atoms with van der Waals surface area (Å²) in [6.07, 6.45) is 1.11. The van der Waals surface area contributed by atoms with Crippen LogP contribution in [0.1, 0.15) is 44.8 Å². The first-order chi connectivity index (χ1) is 16.3. The lowest BCUT2D eigenvalue weighted by atomic mass is 9.67. The normalized spacial score (nSPS) is 19.3. The summed E-state index contributed by atoms with van der Waals surface area (Å²) in [6.45, 7) is 4.49. The molecule has 0 unspecified atom stereocenters. The van der Waals surface area contributed by atoms with Crippen LogP contribution in [0.4, 0.5) is 0 Å². The van der Waals surface area contributed by atoms with E-state index in [1.807, 2.05) is 62.4 Å². The fraction of sp³-hybridized carbons (Fsp3) is 0.308. The fourth-order valence-corrected chi connectivity index (χ4v) is 5.14. The van der Waals surface area contributed by atoms with E-state index in [-0.39, 0.29) is 19.3 Å². The maximum Gasteiger partial charge on any atom is 0.237 e. The molecule has 3 N–H and O–H groups in total. The number of hydrogen-bond donors (Lipinski definition) is 2. The van der Waals surface area contributed by atoms with Crippen molar-refractivity contribution in [3.63, 3.8) is 0 Å². The van der Waals surface area contributed by atoms with Gasteiger partial charge in [0.1, 0.15) is 17.3 Å². The molecule has 0 spiro atoms. The molecule has 2 heterocycles. The Morgan fingerprint density at radius 1 is 1.14 bits per heavy atom. The Balaban J connectivity index is 0.00000289. The van der Waals surface area contributed by atoms with E-state index in [1.165, 1.54) is 0 Å². The molecule has 5 rings (SSSR count). The third-order valence-corrected chi connectivity index (χ3v) is 7.01. The number of aromatic nitrogens is 4. The minimum Gasteiger partial charge on any atom is -0.368 e. The lowest BCUT2D eigenvalue weighted by Crippen LogP contribution is -2.62. The van der Waals surface area contributed by atoms with Crippen molar-refractivity contribution in [3.05, 3.63) is 70.2 Å². The van der Waals surface area contributed by atoms with Crippen molar-refractivity contribution in [2.45, 2.75) is 45.6 Å². The second-order valence-electron chi connectivity index (χ2n) is 8.66. The highest BCUT2D eigenvalue weighted by atomic mass is 35.5. The van der Waals surface area contributed by atoms with Crippen molar-refractivity contribution in [1.29, 1.82) is 0 Å². The van der Waals surface area contributed by atoms with Crippen molar-refractivity contribution < 1.29 is 4.79 Å². The largest absolute Gasteiger partial charge is 0.368 e. The Kier molecular flexibility index (Phi) is 6.86. The first kappa shape index (κ1) is 25.1. The van der Waals surface area contributed by atoms with Gasteiger partial charge in [-0.1, -0.05) is 67.9 Å². The zero-order chi connectivity index (χ0) is 24.0. The molecule has 0 aliphatic heterocycles. The van der Waals surface area contributed by atoms with Gasteiger partial charge in [0.2, 0.25) is 5.91 Å². The summed E-state index contributed by atoms with van der Waals surface area (Å²) >= 11 is 12.7. The third-order valence-electron chi connectivity index (χ3n) is 6.43.